The number of halogens is 3. The second-order valence-electron chi connectivity index (χ2n) is 7.54. The van der Waals surface area contributed by atoms with Crippen LogP contribution in [-0.4, -0.2) is 17.7 Å². The summed E-state index contributed by atoms with van der Waals surface area (Å²) in [7, 11) is 0. The first-order valence-electron chi connectivity index (χ1n) is 10.7. The van der Waals surface area contributed by atoms with E-state index in [1.54, 1.807) is 0 Å². The highest BCUT2D eigenvalue weighted by molar-refractivity contribution is 14.1. The van der Waals surface area contributed by atoms with E-state index in [1.165, 1.54) is 11.8 Å². The Labute approximate surface area is 232 Å². The predicted molar refractivity (Wildman–Crippen MR) is 153 cm³/mol. The summed E-state index contributed by atoms with van der Waals surface area (Å²) in [5.74, 6) is 1.07. The van der Waals surface area contributed by atoms with Crippen LogP contribution in [0.15, 0.2) is 64.5 Å². The van der Waals surface area contributed by atoms with Crippen molar-refractivity contribution in [3.05, 3.63) is 89.8 Å². The van der Waals surface area contributed by atoms with E-state index < -0.39 is 0 Å². The molecule has 1 N–H and O–H groups in total. The molecule has 5 nitrogen and oxygen atoms in total. The molecule has 0 bridgehead atoms. The number of ether oxygens (including phenoxy) is 2. The molecule has 35 heavy (non-hydrogen) atoms. The minimum atomic E-state index is -0.204. The Morgan fingerprint density at radius 1 is 1.11 bits per heavy atom. The Morgan fingerprint density at radius 3 is 2.63 bits per heavy atom. The number of carbonyl (C=O) groups excluding carboxylic acids is 1. The normalized spacial score (nSPS) is 15.5. The van der Waals surface area contributed by atoms with Gasteiger partial charge in [0, 0.05) is 10.0 Å². The summed E-state index contributed by atoms with van der Waals surface area (Å²) in [5, 5.41) is 4.65. The first-order valence-corrected chi connectivity index (χ1v) is 13.4. The number of amidine groups is 1. The van der Waals surface area contributed by atoms with Crippen molar-refractivity contribution in [2.24, 2.45) is 4.99 Å². The molecule has 0 atom stereocenters. The van der Waals surface area contributed by atoms with Gasteiger partial charge in [0.05, 0.1) is 20.8 Å². The maximum atomic E-state index is 12.6. The van der Waals surface area contributed by atoms with Crippen molar-refractivity contribution in [3.8, 4) is 11.5 Å². The van der Waals surface area contributed by atoms with E-state index in [1.807, 2.05) is 74.5 Å². The van der Waals surface area contributed by atoms with E-state index in [-0.39, 0.29) is 5.91 Å². The highest BCUT2D eigenvalue weighted by Crippen LogP contribution is 2.37. The van der Waals surface area contributed by atoms with Gasteiger partial charge in [0.1, 0.15) is 6.61 Å². The van der Waals surface area contributed by atoms with E-state index >= 15 is 0 Å². The van der Waals surface area contributed by atoms with Gasteiger partial charge < -0.3 is 14.8 Å². The van der Waals surface area contributed by atoms with Crippen molar-refractivity contribution in [1.82, 2.24) is 5.32 Å². The molecule has 0 aromatic heterocycles. The van der Waals surface area contributed by atoms with Crippen molar-refractivity contribution >= 4 is 80.4 Å². The second-order valence-corrected chi connectivity index (χ2v) is 10.6. The molecule has 0 saturated carbocycles. The monoisotopic (exact) mass is 638 g/mol. The third-order valence-electron chi connectivity index (χ3n) is 5.04. The molecule has 4 rings (SSSR count). The zero-order chi connectivity index (χ0) is 24.9. The number of nitrogens with one attached hydrogen (secondary N) is 1. The summed E-state index contributed by atoms with van der Waals surface area (Å²) in [6.45, 7) is 4.68. The van der Waals surface area contributed by atoms with Crippen LogP contribution in [0.2, 0.25) is 10.0 Å². The van der Waals surface area contributed by atoms with Gasteiger partial charge in [-0.2, -0.15) is 0 Å². The Hall–Kier alpha value is -2.20. The Balaban J connectivity index is 1.56. The topological polar surface area (TPSA) is 59.9 Å². The Morgan fingerprint density at radius 2 is 1.89 bits per heavy atom. The van der Waals surface area contributed by atoms with Gasteiger partial charge in [0.15, 0.2) is 16.7 Å². The van der Waals surface area contributed by atoms with Crippen LogP contribution < -0.4 is 14.8 Å². The minimum absolute atomic E-state index is 0.204. The van der Waals surface area contributed by atoms with E-state index in [2.05, 4.69) is 32.9 Å². The van der Waals surface area contributed by atoms with Crippen LogP contribution in [0.5, 0.6) is 11.5 Å². The van der Waals surface area contributed by atoms with Gasteiger partial charge in [-0.15, -0.1) is 0 Å². The summed E-state index contributed by atoms with van der Waals surface area (Å²) in [4.78, 5) is 17.7. The van der Waals surface area contributed by atoms with E-state index in [0.717, 1.165) is 25.9 Å². The molecule has 1 amide bonds. The Bertz CT molecular complexity index is 1330. The van der Waals surface area contributed by atoms with Crippen LogP contribution in [0.3, 0.4) is 0 Å². The molecule has 0 aliphatic carbocycles. The fourth-order valence-corrected chi connectivity index (χ4v) is 5.18. The number of aliphatic imine (C=N–C) groups is 1. The summed E-state index contributed by atoms with van der Waals surface area (Å²) < 4.78 is 12.8. The summed E-state index contributed by atoms with van der Waals surface area (Å²) in [6, 6.07) is 16.9. The highest BCUT2D eigenvalue weighted by Gasteiger charge is 2.24. The zero-order valence-corrected chi connectivity index (χ0v) is 23.4. The highest BCUT2D eigenvalue weighted by atomic mass is 127. The van der Waals surface area contributed by atoms with Crippen molar-refractivity contribution < 1.29 is 14.3 Å². The second kappa shape index (κ2) is 11.7. The lowest BCUT2D eigenvalue weighted by atomic mass is 10.2. The van der Waals surface area contributed by atoms with Gasteiger partial charge in [-0.1, -0.05) is 41.4 Å². The van der Waals surface area contributed by atoms with Crippen LogP contribution in [0.4, 0.5) is 5.69 Å². The zero-order valence-electron chi connectivity index (χ0n) is 18.9. The third kappa shape index (κ3) is 6.52. The molecule has 1 fully saturated rings. The van der Waals surface area contributed by atoms with Crippen LogP contribution in [0, 0.1) is 10.5 Å². The number of hydrogen-bond donors (Lipinski definition) is 1. The Kier molecular flexibility index (Phi) is 8.64. The lowest BCUT2D eigenvalue weighted by molar-refractivity contribution is -0.115. The number of carbonyl (C=O) groups is 1. The molecular weight excluding hydrogens is 618 g/mol. The van der Waals surface area contributed by atoms with Gasteiger partial charge >= 0.3 is 0 Å². The molecule has 3 aromatic rings. The minimum Gasteiger partial charge on any atom is -0.490 e. The van der Waals surface area contributed by atoms with Crippen molar-refractivity contribution in [2.75, 3.05) is 6.61 Å². The average Bonchev–Trinajstić information content (AvgIpc) is 3.16. The molecule has 1 aliphatic heterocycles. The van der Waals surface area contributed by atoms with Crippen LogP contribution >= 0.6 is 57.6 Å². The van der Waals surface area contributed by atoms with Crippen molar-refractivity contribution in [1.29, 1.82) is 0 Å². The van der Waals surface area contributed by atoms with Crippen LogP contribution in [0.1, 0.15) is 23.6 Å². The van der Waals surface area contributed by atoms with E-state index in [4.69, 9.17) is 32.7 Å². The molecular formula is C26H21Cl2IN2O3S. The summed E-state index contributed by atoms with van der Waals surface area (Å²) in [5.41, 5.74) is 3.41. The average molecular weight is 639 g/mol. The molecule has 1 heterocycles. The molecule has 3 aromatic carbocycles. The van der Waals surface area contributed by atoms with Gasteiger partial charge in [-0.25, -0.2) is 4.99 Å². The fraction of sp³-hybridized carbons (Fsp3) is 0.154. The van der Waals surface area contributed by atoms with Gasteiger partial charge in [0.25, 0.3) is 5.91 Å². The van der Waals surface area contributed by atoms with Crippen LogP contribution in [-0.2, 0) is 11.4 Å². The van der Waals surface area contributed by atoms with E-state index in [9.17, 15) is 4.79 Å². The quantitative estimate of drug-likeness (QED) is 0.212. The molecule has 0 radical (unpaired) electrons. The maximum Gasteiger partial charge on any atom is 0.264 e. The number of thioether (sulfide) groups is 1. The predicted octanol–water partition coefficient (Wildman–Crippen LogP) is 7.78. The van der Waals surface area contributed by atoms with Crippen molar-refractivity contribution in [3.63, 3.8) is 0 Å². The number of nitrogens with zero attached hydrogens (tertiary/aromatic N) is 1. The number of rotatable bonds is 7. The first kappa shape index (κ1) is 25.9. The first-order chi connectivity index (χ1) is 16.8. The third-order valence-corrected chi connectivity index (χ3v) is 7.41. The largest absolute Gasteiger partial charge is 0.490 e. The summed E-state index contributed by atoms with van der Waals surface area (Å²) >= 11 is 15.7. The van der Waals surface area contributed by atoms with Gasteiger partial charge in [0.2, 0.25) is 0 Å². The van der Waals surface area contributed by atoms with Gasteiger partial charge in [-0.3, -0.25) is 4.79 Å². The fourth-order valence-electron chi connectivity index (χ4n) is 3.27. The molecule has 9 heteroatoms. The maximum absolute atomic E-state index is 12.6. The van der Waals surface area contributed by atoms with Gasteiger partial charge in [-0.05, 0) is 107 Å². The standard InChI is InChI=1S/C26H21Cl2IN2O3S/c1-3-33-22-12-17(11-20(29)24(22)34-14-16-7-9-18(27)10-8-16)13-23-25(32)31-26(35-23)30-21-6-4-5-19(28)15(21)2/h4-13H,3,14H2,1-2H3,(H,30,31,32)/b23-13+. The molecule has 0 spiro atoms. The lowest BCUT2D eigenvalue weighted by Gasteiger charge is -2.15. The SMILES string of the molecule is CCOc1cc(/C=C2/SC(=Nc3cccc(Cl)c3C)NC2=O)cc(I)c1OCc1ccc(Cl)cc1. The molecule has 1 aliphatic rings. The molecule has 1 saturated heterocycles. The lowest BCUT2D eigenvalue weighted by Crippen LogP contribution is -2.19. The smallest absolute Gasteiger partial charge is 0.264 e. The number of benzene rings is 3. The number of amides is 1. The molecule has 180 valence electrons. The summed E-state index contributed by atoms with van der Waals surface area (Å²) in [6.07, 6.45) is 1.82. The molecule has 0 unspecified atom stereocenters. The van der Waals surface area contributed by atoms with Crippen LogP contribution in [0.25, 0.3) is 6.08 Å². The van der Waals surface area contributed by atoms with Crippen molar-refractivity contribution in [2.45, 2.75) is 20.5 Å². The number of hydrogen-bond acceptors (Lipinski definition) is 5. The van der Waals surface area contributed by atoms with E-state index in [0.29, 0.717) is 44.8 Å².